The highest BCUT2D eigenvalue weighted by molar-refractivity contribution is 5.42. The zero-order valence-corrected chi connectivity index (χ0v) is 12.0. The summed E-state index contributed by atoms with van der Waals surface area (Å²) in [6.45, 7) is 4.47. The van der Waals surface area contributed by atoms with Gasteiger partial charge in [-0.25, -0.2) is 0 Å². The zero-order valence-electron chi connectivity index (χ0n) is 12.0. The van der Waals surface area contributed by atoms with Crippen molar-refractivity contribution in [2.24, 2.45) is 5.73 Å². The van der Waals surface area contributed by atoms with Crippen molar-refractivity contribution >= 4 is 5.69 Å². The van der Waals surface area contributed by atoms with Gasteiger partial charge in [0.25, 0.3) is 5.69 Å². The maximum atomic E-state index is 11.2. The van der Waals surface area contributed by atoms with Crippen LogP contribution in [0.25, 0.3) is 0 Å². The molecular weight excluding hydrogens is 272 g/mol. The van der Waals surface area contributed by atoms with Crippen molar-refractivity contribution in [1.82, 2.24) is 9.80 Å². The van der Waals surface area contributed by atoms with Gasteiger partial charge in [-0.2, -0.15) is 0 Å². The average Bonchev–Trinajstić information content (AvgIpc) is 2.50. The van der Waals surface area contributed by atoms with Gasteiger partial charge in [0.1, 0.15) is 0 Å². The minimum atomic E-state index is -0.347. The molecule has 7 nitrogen and oxygen atoms in total. The average molecular weight is 294 g/mol. The van der Waals surface area contributed by atoms with Crippen LogP contribution in [0.4, 0.5) is 5.69 Å². The van der Waals surface area contributed by atoms with E-state index in [0.717, 1.165) is 26.2 Å². The third-order valence-electron chi connectivity index (χ3n) is 3.98. The summed E-state index contributed by atoms with van der Waals surface area (Å²) in [4.78, 5) is 15.2. The van der Waals surface area contributed by atoms with Gasteiger partial charge >= 0.3 is 0 Å². The molecule has 1 aliphatic heterocycles. The van der Waals surface area contributed by atoms with Crippen LogP contribution in [0.5, 0.6) is 0 Å². The van der Waals surface area contributed by atoms with E-state index >= 15 is 0 Å². The van der Waals surface area contributed by atoms with Gasteiger partial charge in [0.2, 0.25) is 0 Å². The molecule has 0 bridgehead atoms. The number of hydrogen-bond donors (Lipinski definition) is 2. The predicted octanol–water partition coefficient (Wildman–Crippen LogP) is 0.205. The fraction of sp³-hybridized carbons (Fsp3) is 0.571. The Hall–Kier alpha value is -1.54. The van der Waals surface area contributed by atoms with Crippen LogP contribution >= 0.6 is 0 Å². The molecule has 0 aliphatic carbocycles. The first-order chi connectivity index (χ1) is 10.2. The van der Waals surface area contributed by atoms with Gasteiger partial charge in [-0.3, -0.25) is 19.9 Å². The van der Waals surface area contributed by atoms with Crippen molar-refractivity contribution in [3.63, 3.8) is 0 Å². The van der Waals surface area contributed by atoms with E-state index < -0.39 is 0 Å². The van der Waals surface area contributed by atoms with Gasteiger partial charge in [0, 0.05) is 50.9 Å². The molecule has 1 aliphatic rings. The minimum absolute atomic E-state index is 0.130. The first-order valence-electron chi connectivity index (χ1n) is 7.18. The number of rotatable bonds is 6. The van der Waals surface area contributed by atoms with Crippen LogP contribution in [0.3, 0.4) is 0 Å². The molecule has 0 radical (unpaired) electrons. The molecule has 1 fully saturated rings. The summed E-state index contributed by atoms with van der Waals surface area (Å²) in [7, 11) is 0. The van der Waals surface area contributed by atoms with E-state index in [-0.39, 0.29) is 23.3 Å². The minimum Gasteiger partial charge on any atom is -0.395 e. The smallest absolute Gasteiger partial charge is 0.274 e. The Morgan fingerprint density at radius 2 is 1.95 bits per heavy atom. The van der Waals surface area contributed by atoms with Crippen LogP contribution in [-0.2, 0) is 0 Å². The van der Waals surface area contributed by atoms with Gasteiger partial charge in [-0.05, 0) is 0 Å². The molecule has 0 saturated carbocycles. The lowest BCUT2D eigenvalue weighted by Crippen LogP contribution is -2.49. The number of piperazine rings is 1. The van der Waals surface area contributed by atoms with Gasteiger partial charge < -0.3 is 10.8 Å². The van der Waals surface area contributed by atoms with Crippen LogP contribution in [-0.4, -0.2) is 65.7 Å². The summed E-state index contributed by atoms with van der Waals surface area (Å²) in [6.07, 6.45) is 0. The van der Waals surface area contributed by atoms with E-state index in [2.05, 4.69) is 9.80 Å². The number of aliphatic hydroxyl groups excluding tert-OH is 1. The van der Waals surface area contributed by atoms with E-state index in [4.69, 9.17) is 10.8 Å². The molecule has 2 rings (SSSR count). The Labute approximate surface area is 124 Å². The maximum absolute atomic E-state index is 11.2. The monoisotopic (exact) mass is 294 g/mol. The Balaban J connectivity index is 2.12. The second kappa shape index (κ2) is 7.46. The lowest BCUT2D eigenvalue weighted by Gasteiger charge is -2.38. The number of β-amino-alcohol motifs (C(OH)–C–C–N with tert-alkyl or cyclic N) is 1. The number of hydrogen-bond acceptors (Lipinski definition) is 6. The van der Waals surface area contributed by atoms with Crippen molar-refractivity contribution in [3.8, 4) is 0 Å². The highest BCUT2D eigenvalue weighted by atomic mass is 16.6. The van der Waals surface area contributed by atoms with Crippen LogP contribution in [0.1, 0.15) is 11.6 Å². The van der Waals surface area contributed by atoms with Gasteiger partial charge in [-0.15, -0.1) is 0 Å². The van der Waals surface area contributed by atoms with Crippen LogP contribution in [0.2, 0.25) is 0 Å². The summed E-state index contributed by atoms with van der Waals surface area (Å²) < 4.78 is 0. The SMILES string of the molecule is NCC(c1ccccc1[N+](=O)[O-])N1CCN(CCO)CC1. The molecular formula is C14H22N4O3. The van der Waals surface area contributed by atoms with Gasteiger partial charge in [0.15, 0.2) is 0 Å². The zero-order chi connectivity index (χ0) is 15.2. The van der Waals surface area contributed by atoms with E-state index in [1.54, 1.807) is 12.1 Å². The fourth-order valence-corrected chi connectivity index (χ4v) is 2.85. The van der Waals surface area contributed by atoms with Gasteiger partial charge in [-0.1, -0.05) is 18.2 Å². The second-order valence-electron chi connectivity index (χ2n) is 5.17. The highest BCUT2D eigenvalue weighted by Gasteiger charge is 2.28. The van der Waals surface area contributed by atoms with Crippen molar-refractivity contribution in [2.75, 3.05) is 45.9 Å². The molecule has 0 amide bonds. The lowest BCUT2D eigenvalue weighted by atomic mass is 10.0. The van der Waals surface area contributed by atoms with Crippen LogP contribution < -0.4 is 5.73 Å². The number of aliphatic hydroxyl groups is 1. The molecule has 0 spiro atoms. The Kier molecular flexibility index (Phi) is 5.63. The first kappa shape index (κ1) is 15.8. The number of nitro benzene ring substituents is 1. The summed E-state index contributed by atoms with van der Waals surface area (Å²) in [5.74, 6) is 0. The number of nitrogens with two attached hydrogens (primary N) is 1. The van der Waals surface area contributed by atoms with Crippen molar-refractivity contribution in [1.29, 1.82) is 0 Å². The fourth-order valence-electron chi connectivity index (χ4n) is 2.85. The predicted molar refractivity (Wildman–Crippen MR) is 80.0 cm³/mol. The summed E-state index contributed by atoms with van der Waals surface area (Å²) in [6, 6.07) is 6.67. The molecule has 1 saturated heterocycles. The summed E-state index contributed by atoms with van der Waals surface area (Å²) in [5.41, 5.74) is 6.69. The van der Waals surface area contributed by atoms with Crippen molar-refractivity contribution in [3.05, 3.63) is 39.9 Å². The van der Waals surface area contributed by atoms with E-state index in [1.165, 1.54) is 6.07 Å². The third kappa shape index (κ3) is 3.76. The molecule has 21 heavy (non-hydrogen) atoms. The number of nitro groups is 1. The van der Waals surface area contributed by atoms with E-state index in [0.29, 0.717) is 18.7 Å². The molecule has 1 atom stereocenters. The standard InChI is InChI=1S/C14H22N4O3/c15-11-14(12-3-1-2-4-13(12)18(20)21)17-7-5-16(6-8-17)9-10-19/h1-4,14,19H,5-11,15H2. The van der Waals surface area contributed by atoms with Crippen molar-refractivity contribution in [2.45, 2.75) is 6.04 Å². The lowest BCUT2D eigenvalue weighted by molar-refractivity contribution is -0.386. The Morgan fingerprint density at radius 1 is 1.29 bits per heavy atom. The van der Waals surface area contributed by atoms with Gasteiger partial charge in [0.05, 0.1) is 17.6 Å². The molecule has 0 aromatic heterocycles. The Morgan fingerprint density at radius 3 is 2.52 bits per heavy atom. The van der Waals surface area contributed by atoms with E-state index in [9.17, 15) is 10.1 Å². The normalized spacial score (nSPS) is 18.6. The molecule has 1 aromatic carbocycles. The molecule has 1 unspecified atom stereocenters. The number of para-hydroxylation sites is 1. The van der Waals surface area contributed by atoms with E-state index in [1.807, 2.05) is 6.07 Å². The van der Waals surface area contributed by atoms with Crippen molar-refractivity contribution < 1.29 is 10.0 Å². The molecule has 1 heterocycles. The second-order valence-corrected chi connectivity index (χ2v) is 5.17. The number of benzene rings is 1. The number of nitrogens with zero attached hydrogens (tertiary/aromatic N) is 3. The largest absolute Gasteiger partial charge is 0.395 e. The molecule has 7 heteroatoms. The summed E-state index contributed by atoms with van der Waals surface area (Å²) in [5, 5.41) is 20.1. The molecule has 1 aromatic rings. The molecule has 116 valence electrons. The van der Waals surface area contributed by atoms with Crippen LogP contribution in [0, 0.1) is 10.1 Å². The quantitative estimate of drug-likeness (QED) is 0.575. The summed E-state index contributed by atoms with van der Waals surface area (Å²) >= 11 is 0. The molecule has 3 N–H and O–H groups in total. The highest BCUT2D eigenvalue weighted by Crippen LogP contribution is 2.29. The van der Waals surface area contributed by atoms with Crippen LogP contribution in [0.15, 0.2) is 24.3 Å². The maximum Gasteiger partial charge on any atom is 0.274 e. The topological polar surface area (TPSA) is 95.9 Å². The first-order valence-corrected chi connectivity index (χ1v) is 7.18. The Bertz CT molecular complexity index is 475. The third-order valence-corrected chi connectivity index (χ3v) is 3.98.